The zero-order valence-corrected chi connectivity index (χ0v) is 7.38. The predicted molar refractivity (Wildman–Crippen MR) is 50.2 cm³/mol. The van der Waals surface area contributed by atoms with Crippen molar-refractivity contribution in [1.82, 2.24) is 0 Å². The molecule has 0 aliphatic carbocycles. The first-order chi connectivity index (χ1) is 6.77. The van der Waals surface area contributed by atoms with E-state index in [0.717, 1.165) is 0 Å². The van der Waals surface area contributed by atoms with Crippen LogP contribution in [-0.4, -0.2) is 23.5 Å². The van der Waals surface area contributed by atoms with Gasteiger partial charge in [-0.25, -0.2) is 4.79 Å². The molecule has 1 heterocycles. The summed E-state index contributed by atoms with van der Waals surface area (Å²) in [4.78, 5) is 14.2. The summed E-state index contributed by atoms with van der Waals surface area (Å²) in [5, 5.41) is 9.78. The molecule has 0 spiro atoms. The SMILES string of the molecule is O=C1N=C([C@@H](O)c2ccccc2)CO1. The minimum atomic E-state index is -0.845. The summed E-state index contributed by atoms with van der Waals surface area (Å²) in [5.74, 6) is 0. The van der Waals surface area contributed by atoms with E-state index in [-0.39, 0.29) is 6.61 Å². The van der Waals surface area contributed by atoms with Crippen molar-refractivity contribution in [2.45, 2.75) is 6.10 Å². The van der Waals surface area contributed by atoms with Crippen molar-refractivity contribution < 1.29 is 14.6 Å². The zero-order chi connectivity index (χ0) is 9.97. The number of cyclic esters (lactones) is 1. The van der Waals surface area contributed by atoms with E-state index in [1.807, 2.05) is 18.2 Å². The molecule has 72 valence electrons. The Kier molecular flexibility index (Phi) is 2.28. The highest BCUT2D eigenvalue weighted by Gasteiger charge is 2.22. The largest absolute Gasteiger partial charge is 0.442 e. The fourth-order valence-corrected chi connectivity index (χ4v) is 1.29. The predicted octanol–water partition coefficient (Wildman–Crippen LogP) is 1.31. The van der Waals surface area contributed by atoms with Crippen molar-refractivity contribution in [2.75, 3.05) is 6.61 Å². The lowest BCUT2D eigenvalue weighted by atomic mass is 10.1. The van der Waals surface area contributed by atoms with Crippen LogP contribution in [0.2, 0.25) is 0 Å². The standard InChI is InChI=1S/C10H9NO3/c12-9(7-4-2-1-3-5-7)8-6-14-10(13)11-8/h1-5,9,12H,6H2/t9-/m0/s1. The molecule has 1 atom stereocenters. The van der Waals surface area contributed by atoms with Gasteiger partial charge in [0.05, 0.1) is 5.71 Å². The Hall–Kier alpha value is -1.68. The minimum Gasteiger partial charge on any atom is -0.442 e. The number of aliphatic hydroxyl groups is 1. The lowest BCUT2D eigenvalue weighted by Crippen LogP contribution is -2.13. The van der Waals surface area contributed by atoms with Gasteiger partial charge in [-0.2, -0.15) is 4.99 Å². The monoisotopic (exact) mass is 191 g/mol. The Morgan fingerprint density at radius 3 is 2.64 bits per heavy atom. The van der Waals surface area contributed by atoms with E-state index in [9.17, 15) is 9.90 Å². The van der Waals surface area contributed by atoms with Gasteiger partial charge in [0.15, 0.2) is 0 Å². The molecule has 4 heteroatoms. The molecule has 0 aromatic heterocycles. The Bertz CT molecular complexity index is 372. The zero-order valence-electron chi connectivity index (χ0n) is 7.38. The van der Waals surface area contributed by atoms with Crippen molar-refractivity contribution in [2.24, 2.45) is 4.99 Å². The van der Waals surface area contributed by atoms with E-state index in [4.69, 9.17) is 0 Å². The molecule has 2 rings (SSSR count). The number of ether oxygens (including phenoxy) is 1. The lowest BCUT2D eigenvalue weighted by molar-refractivity contribution is 0.178. The van der Waals surface area contributed by atoms with Crippen LogP contribution in [0, 0.1) is 0 Å². The van der Waals surface area contributed by atoms with E-state index in [1.165, 1.54) is 0 Å². The van der Waals surface area contributed by atoms with Gasteiger partial charge < -0.3 is 9.84 Å². The van der Waals surface area contributed by atoms with Crippen LogP contribution in [0.4, 0.5) is 4.79 Å². The second kappa shape index (κ2) is 3.59. The maximum Gasteiger partial charge on any atom is 0.434 e. The van der Waals surface area contributed by atoms with Crippen LogP contribution in [0.1, 0.15) is 11.7 Å². The number of carbonyl (C=O) groups is 1. The minimum absolute atomic E-state index is 0.0783. The van der Waals surface area contributed by atoms with Crippen LogP contribution in [-0.2, 0) is 4.74 Å². The van der Waals surface area contributed by atoms with E-state index >= 15 is 0 Å². The highest BCUT2D eigenvalue weighted by Crippen LogP contribution is 2.17. The molecule has 1 aromatic carbocycles. The quantitative estimate of drug-likeness (QED) is 0.766. The topological polar surface area (TPSA) is 58.9 Å². The average molecular weight is 191 g/mol. The van der Waals surface area contributed by atoms with Crippen molar-refractivity contribution >= 4 is 11.8 Å². The van der Waals surface area contributed by atoms with Gasteiger partial charge in [-0.15, -0.1) is 0 Å². The Labute approximate surface area is 80.8 Å². The van der Waals surface area contributed by atoms with Crippen LogP contribution < -0.4 is 0 Å². The highest BCUT2D eigenvalue weighted by molar-refractivity contribution is 6.01. The molecule has 1 aliphatic rings. The van der Waals surface area contributed by atoms with E-state index in [1.54, 1.807) is 12.1 Å². The number of benzene rings is 1. The van der Waals surface area contributed by atoms with Gasteiger partial charge in [0.25, 0.3) is 0 Å². The van der Waals surface area contributed by atoms with Crippen LogP contribution in [0.3, 0.4) is 0 Å². The van der Waals surface area contributed by atoms with Crippen LogP contribution in [0.5, 0.6) is 0 Å². The molecule has 0 bridgehead atoms. The average Bonchev–Trinajstić information content (AvgIpc) is 2.65. The van der Waals surface area contributed by atoms with Crippen LogP contribution in [0.15, 0.2) is 35.3 Å². The fourth-order valence-electron chi connectivity index (χ4n) is 1.29. The van der Waals surface area contributed by atoms with Gasteiger partial charge in [0.2, 0.25) is 0 Å². The van der Waals surface area contributed by atoms with Gasteiger partial charge in [-0.1, -0.05) is 30.3 Å². The molecular formula is C10H9NO3. The summed E-state index contributed by atoms with van der Waals surface area (Å²) in [6, 6.07) is 9.04. The third kappa shape index (κ3) is 1.65. The molecule has 0 unspecified atom stereocenters. The summed E-state index contributed by atoms with van der Waals surface area (Å²) in [7, 11) is 0. The molecule has 0 fully saturated rings. The Morgan fingerprint density at radius 1 is 1.36 bits per heavy atom. The van der Waals surface area contributed by atoms with Crippen molar-refractivity contribution in [1.29, 1.82) is 0 Å². The van der Waals surface area contributed by atoms with Crippen LogP contribution in [0.25, 0.3) is 0 Å². The third-order valence-electron chi connectivity index (χ3n) is 2.01. The van der Waals surface area contributed by atoms with Gasteiger partial charge in [0.1, 0.15) is 12.7 Å². The number of carbonyl (C=O) groups excluding carboxylic acids is 1. The molecule has 4 nitrogen and oxygen atoms in total. The maximum atomic E-state index is 10.7. The summed E-state index contributed by atoms with van der Waals surface area (Å²) in [5.41, 5.74) is 1.07. The van der Waals surface area contributed by atoms with Gasteiger partial charge in [-0.05, 0) is 5.56 Å². The molecule has 1 aromatic rings. The number of nitrogens with zero attached hydrogens (tertiary/aromatic N) is 1. The summed E-state index contributed by atoms with van der Waals surface area (Å²) < 4.78 is 4.61. The number of rotatable bonds is 2. The maximum absolute atomic E-state index is 10.7. The van der Waals surface area contributed by atoms with Gasteiger partial charge in [-0.3, -0.25) is 0 Å². The lowest BCUT2D eigenvalue weighted by Gasteiger charge is -2.08. The Morgan fingerprint density at radius 2 is 2.07 bits per heavy atom. The molecule has 0 radical (unpaired) electrons. The molecule has 0 saturated carbocycles. The summed E-state index contributed by atoms with van der Waals surface area (Å²) >= 11 is 0. The van der Waals surface area contributed by atoms with Gasteiger partial charge in [0, 0.05) is 0 Å². The van der Waals surface area contributed by atoms with Gasteiger partial charge >= 0.3 is 6.09 Å². The molecule has 1 aliphatic heterocycles. The summed E-state index contributed by atoms with van der Waals surface area (Å²) in [6.45, 7) is 0.0783. The molecule has 14 heavy (non-hydrogen) atoms. The normalized spacial score (nSPS) is 17.5. The number of hydrogen-bond donors (Lipinski definition) is 1. The van der Waals surface area contributed by atoms with E-state index in [2.05, 4.69) is 9.73 Å². The number of hydrogen-bond acceptors (Lipinski definition) is 3. The first-order valence-corrected chi connectivity index (χ1v) is 4.24. The van der Waals surface area contributed by atoms with Crippen molar-refractivity contribution in [3.05, 3.63) is 35.9 Å². The molecule has 0 saturated heterocycles. The molecule has 1 amide bonds. The molecular weight excluding hydrogens is 182 g/mol. The smallest absolute Gasteiger partial charge is 0.434 e. The van der Waals surface area contributed by atoms with Crippen molar-refractivity contribution in [3.63, 3.8) is 0 Å². The highest BCUT2D eigenvalue weighted by atomic mass is 16.6. The number of aliphatic imine (C=N–C) groups is 1. The number of amides is 1. The number of aliphatic hydroxyl groups excluding tert-OH is 1. The second-order valence-electron chi connectivity index (χ2n) is 2.97. The molecule has 1 N–H and O–H groups in total. The Balaban J connectivity index is 2.21. The van der Waals surface area contributed by atoms with E-state index in [0.29, 0.717) is 11.3 Å². The third-order valence-corrected chi connectivity index (χ3v) is 2.01. The fraction of sp³-hybridized carbons (Fsp3) is 0.200. The second-order valence-corrected chi connectivity index (χ2v) is 2.97. The van der Waals surface area contributed by atoms with E-state index < -0.39 is 12.2 Å². The van der Waals surface area contributed by atoms with Crippen molar-refractivity contribution in [3.8, 4) is 0 Å². The van der Waals surface area contributed by atoms with Crippen LogP contribution >= 0.6 is 0 Å². The summed E-state index contributed by atoms with van der Waals surface area (Å²) in [6.07, 6.45) is -1.47. The first kappa shape index (κ1) is 8.90. The first-order valence-electron chi connectivity index (χ1n) is 4.24.